The van der Waals surface area contributed by atoms with Gasteiger partial charge in [0.05, 0.1) is 30.1 Å². The lowest BCUT2D eigenvalue weighted by Crippen LogP contribution is -2.40. The summed E-state index contributed by atoms with van der Waals surface area (Å²) in [7, 11) is -5.65. The molecule has 0 bridgehead atoms. The molecule has 0 amide bonds. The Morgan fingerprint density at radius 1 is 1.00 bits per heavy atom. The second kappa shape index (κ2) is 9.44. The van der Waals surface area contributed by atoms with Gasteiger partial charge in [0.15, 0.2) is 0 Å². The summed E-state index contributed by atoms with van der Waals surface area (Å²) in [5.74, 6) is 0.626. The Bertz CT molecular complexity index is 1080. The van der Waals surface area contributed by atoms with Gasteiger partial charge in [-0.3, -0.25) is 0 Å². The first-order chi connectivity index (χ1) is 14.2. The number of rotatable bonds is 8. The maximum Gasteiger partial charge on any atom is 0.243 e. The smallest absolute Gasteiger partial charge is 0.243 e. The van der Waals surface area contributed by atoms with Crippen molar-refractivity contribution in [2.24, 2.45) is 0 Å². The highest BCUT2D eigenvalue weighted by Crippen LogP contribution is 2.21. The van der Waals surface area contributed by atoms with E-state index in [9.17, 15) is 16.8 Å². The molecule has 1 N–H and O–H groups in total. The highest BCUT2D eigenvalue weighted by Gasteiger charge is 2.26. The molecule has 0 aliphatic carbocycles. The van der Waals surface area contributed by atoms with Gasteiger partial charge in [-0.15, -0.1) is 0 Å². The number of aryl methyl sites for hydroxylation is 1. The van der Waals surface area contributed by atoms with Crippen LogP contribution in [0, 0.1) is 6.92 Å². The van der Waals surface area contributed by atoms with Crippen LogP contribution in [-0.4, -0.2) is 61.1 Å². The van der Waals surface area contributed by atoms with Crippen molar-refractivity contribution in [3.63, 3.8) is 0 Å². The van der Waals surface area contributed by atoms with E-state index in [0.717, 1.165) is 11.1 Å². The van der Waals surface area contributed by atoms with E-state index < -0.39 is 20.0 Å². The number of methoxy groups -OCH3 is 1. The average Bonchev–Trinajstić information content (AvgIpc) is 2.74. The van der Waals surface area contributed by atoms with Gasteiger partial charge in [-0.2, -0.15) is 4.31 Å². The van der Waals surface area contributed by atoms with Crippen molar-refractivity contribution in [3.8, 4) is 5.75 Å². The molecule has 3 rings (SSSR count). The third-order valence-electron chi connectivity index (χ3n) is 4.91. The zero-order valence-corrected chi connectivity index (χ0v) is 18.6. The highest BCUT2D eigenvalue weighted by molar-refractivity contribution is 7.89. The fourth-order valence-electron chi connectivity index (χ4n) is 3.20. The maximum atomic E-state index is 12.6. The molecule has 1 heterocycles. The van der Waals surface area contributed by atoms with Gasteiger partial charge in [0.1, 0.15) is 5.75 Å². The SMILES string of the molecule is COc1ccc(S(=O)(=O)NCCc2ccc(S(=O)(=O)N3CCOCC3)cc2)cc1C. The van der Waals surface area contributed by atoms with Crippen molar-refractivity contribution >= 4 is 20.0 Å². The van der Waals surface area contributed by atoms with Gasteiger partial charge >= 0.3 is 0 Å². The van der Waals surface area contributed by atoms with Crippen LogP contribution in [0.1, 0.15) is 11.1 Å². The van der Waals surface area contributed by atoms with E-state index in [1.54, 1.807) is 43.3 Å². The van der Waals surface area contributed by atoms with Crippen molar-refractivity contribution < 1.29 is 26.3 Å². The molecule has 10 heteroatoms. The van der Waals surface area contributed by atoms with E-state index >= 15 is 0 Å². The molecule has 1 fully saturated rings. The van der Waals surface area contributed by atoms with Gasteiger partial charge in [-0.05, 0) is 54.8 Å². The molecule has 2 aromatic rings. The van der Waals surface area contributed by atoms with Gasteiger partial charge in [0.25, 0.3) is 0 Å². The van der Waals surface area contributed by atoms with Crippen LogP contribution in [0.4, 0.5) is 0 Å². The minimum Gasteiger partial charge on any atom is -0.496 e. The standard InChI is InChI=1S/C20H26N2O6S2/c1-16-15-19(7-8-20(16)27-2)29(23,24)21-10-9-17-3-5-18(6-4-17)30(25,26)22-11-13-28-14-12-22/h3-8,15,21H,9-14H2,1-2H3. The number of hydrogen-bond acceptors (Lipinski definition) is 6. The van der Waals surface area contributed by atoms with Gasteiger partial charge in [-0.25, -0.2) is 21.6 Å². The summed E-state index contributed by atoms with van der Waals surface area (Å²) in [5.41, 5.74) is 1.57. The number of ether oxygens (including phenoxy) is 2. The molecule has 0 atom stereocenters. The third-order valence-corrected chi connectivity index (χ3v) is 8.29. The Kier molecular flexibility index (Phi) is 7.14. The summed E-state index contributed by atoms with van der Waals surface area (Å²) in [6.45, 7) is 3.46. The van der Waals surface area contributed by atoms with E-state index in [0.29, 0.717) is 38.5 Å². The van der Waals surface area contributed by atoms with E-state index in [1.807, 2.05) is 0 Å². The molecular weight excluding hydrogens is 428 g/mol. The fourth-order valence-corrected chi connectivity index (χ4v) is 5.72. The zero-order chi connectivity index (χ0) is 21.8. The molecule has 8 nitrogen and oxygen atoms in total. The largest absolute Gasteiger partial charge is 0.496 e. The molecule has 2 aromatic carbocycles. The van der Waals surface area contributed by atoms with Gasteiger partial charge in [0.2, 0.25) is 20.0 Å². The number of sulfonamides is 2. The minimum absolute atomic E-state index is 0.174. The summed E-state index contributed by atoms with van der Waals surface area (Å²) in [6.07, 6.45) is 0.437. The first-order valence-corrected chi connectivity index (χ1v) is 12.5. The van der Waals surface area contributed by atoms with Crippen LogP contribution in [0.5, 0.6) is 5.75 Å². The molecule has 164 valence electrons. The Balaban J connectivity index is 1.60. The summed E-state index contributed by atoms with van der Waals surface area (Å²) < 4.78 is 64.6. The second-order valence-corrected chi connectivity index (χ2v) is 10.6. The molecule has 1 aliphatic rings. The van der Waals surface area contributed by atoms with Gasteiger partial charge in [-0.1, -0.05) is 12.1 Å². The topological polar surface area (TPSA) is 102 Å². The lowest BCUT2D eigenvalue weighted by atomic mass is 10.2. The molecule has 1 aliphatic heterocycles. The molecular formula is C20H26N2O6S2. The predicted octanol–water partition coefficient (Wildman–Crippen LogP) is 1.55. The number of nitrogens with one attached hydrogen (secondary N) is 1. The Morgan fingerprint density at radius 3 is 2.23 bits per heavy atom. The normalized spacial score (nSPS) is 15.8. The number of benzene rings is 2. The molecule has 0 spiro atoms. The zero-order valence-electron chi connectivity index (χ0n) is 17.0. The Morgan fingerprint density at radius 2 is 1.63 bits per heavy atom. The number of nitrogens with zero attached hydrogens (tertiary/aromatic N) is 1. The average molecular weight is 455 g/mol. The van der Waals surface area contributed by atoms with Gasteiger partial charge < -0.3 is 9.47 Å². The fraction of sp³-hybridized carbons (Fsp3) is 0.400. The quantitative estimate of drug-likeness (QED) is 0.649. The van der Waals surface area contributed by atoms with Crippen LogP contribution < -0.4 is 9.46 Å². The van der Waals surface area contributed by atoms with Crippen molar-refractivity contribution in [2.45, 2.75) is 23.1 Å². The van der Waals surface area contributed by atoms with Crippen LogP contribution in [0.15, 0.2) is 52.3 Å². The number of hydrogen-bond donors (Lipinski definition) is 1. The van der Waals surface area contributed by atoms with Crippen LogP contribution in [-0.2, 0) is 31.2 Å². The lowest BCUT2D eigenvalue weighted by Gasteiger charge is -2.26. The Labute approximate surface area is 177 Å². The van der Waals surface area contributed by atoms with E-state index in [4.69, 9.17) is 9.47 Å². The Hall–Kier alpha value is -1.98. The first-order valence-electron chi connectivity index (χ1n) is 9.55. The molecule has 0 radical (unpaired) electrons. The highest BCUT2D eigenvalue weighted by atomic mass is 32.2. The monoisotopic (exact) mass is 454 g/mol. The van der Waals surface area contributed by atoms with E-state index in [2.05, 4.69) is 4.72 Å². The maximum absolute atomic E-state index is 12.6. The molecule has 0 saturated carbocycles. The second-order valence-electron chi connectivity index (χ2n) is 6.94. The van der Waals surface area contributed by atoms with Crippen molar-refractivity contribution in [3.05, 3.63) is 53.6 Å². The predicted molar refractivity (Wildman–Crippen MR) is 113 cm³/mol. The van der Waals surface area contributed by atoms with Crippen LogP contribution in [0.2, 0.25) is 0 Å². The van der Waals surface area contributed by atoms with E-state index in [-0.39, 0.29) is 16.3 Å². The molecule has 1 saturated heterocycles. The van der Waals surface area contributed by atoms with Crippen molar-refractivity contribution in [1.29, 1.82) is 0 Å². The summed E-state index contributed by atoms with van der Waals surface area (Å²) in [6, 6.07) is 11.2. The van der Waals surface area contributed by atoms with Crippen LogP contribution in [0.25, 0.3) is 0 Å². The summed E-state index contributed by atoms with van der Waals surface area (Å²) >= 11 is 0. The van der Waals surface area contributed by atoms with Crippen molar-refractivity contribution in [1.82, 2.24) is 9.03 Å². The van der Waals surface area contributed by atoms with Gasteiger partial charge in [0, 0.05) is 19.6 Å². The molecule has 0 unspecified atom stereocenters. The molecule has 0 aromatic heterocycles. The van der Waals surface area contributed by atoms with Crippen molar-refractivity contribution in [2.75, 3.05) is 40.0 Å². The summed E-state index contributed by atoms with van der Waals surface area (Å²) in [4.78, 5) is 0.398. The molecule has 30 heavy (non-hydrogen) atoms. The van der Waals surface area contributed by atoms with Crippen LogP contribution in [0.3, 0.4) is 0 Å². The third kappa shape index (κ3) is 5.19. The summed E-state index contributed by atoms with van der Waals surface area (Å²) in [5, 5.41) is 0. The number of morpholine rings is 1. The lowest BCUT2D eigenvalue weighted by molar-refractivity contribution is 0.0730. The first kappa shape index (κ1) is 22.7. The van der Waals surface area contributed by atoms with Crippen LogP contribution >= 0.6 is 0 Å². The van der Waals surface area contributed by atoms with E-state index in [1.165, 1.54) is 17.5 Å². The minimum atomic E-state index is -3.64.